The van der Waals surface area contributed by atoms with E-state index in [2.05, 4.69) is 35.6 Å². The Hall–Kier alpha value is -1.07. The third-order valence-corrected chi connectivity index (χ3v) is 4.58. The third kappa shape index (κ3) is 3.46. The molecule has 2 rings (SSSR count). The summed E-state index contributed by atoms with van der Waals surface area (Å²) in [5.41, 5.74) is 4.01. The number of guanidine groups is 1. The second-order valence-corrected chi connectivity index (χ2v) is 6.23. The molecule has 100 valence electrons. The lowest BCUT2D eigenvalue weighted by Gasteiger charge is -2.14. The minimum Gasteiger partial charge on any atom is -0.353 e. The number of aryl methyl sites for hydroxylation is 2. The SMILES string of the molecule is Cc1cc(CN=C(NN)NC2CCCC2)sc1C. The summed E-state index contributed by atoms with van der Waals surface area (Å²) in [6.07, 6.45) is 5.05. The summed E-state index contributed by atoms with van der Waals surface area (Å²) in [5, 5.41) is 3.38. The van der Waals surface area contributed by atoms with Crippen molar-refractivity contribution in [2.24, 2.45) is 10.8 Å². The van der Waals surface area contributed by atoms with Gasteiger partial charge in [-0.15, -0.1) is 11.3 Å². The molecular formula is C13H22N4S. The van der Waals surface area contributed by atoms with Crippen LogP contribution in [0, 0.1) is 13.8 Å². The second kappa shape index (κ2) is 6.20. The molecule has 0 radical (unpaired) electrons. The lowest BCUT2D eigenvalue weighted by atomic mass is 10.2. The predicted octanol–water partition coefficient (Wildman–Crippen LogP) is 2.22. The Morgan fingerprint density at radius 3 is 2.72 bits per heavy atom. The molecular weight excluding hydrogens is 244 g/mol. The van der Waals surface area contributed by atoms with Crippen LogP contribution in [0.1, 0.15) is 41.0 Å². The minimum absolute atomic E-state index is 0.534. The number of thiophene rings is 1. The van der Waals surface area contributed by atoms with Crippen LogP contribution in [0.25, 0.3) is 0 Å². The van der Waals surface area contributed by atoms with Crippen LogP contribution in [0.3, 0.4) is 0 Å². The zero-order valence-electron chi connectivity index (χ0n) is 11.1. The number of nitrogens with two attached hydrogens (primary N) is 1. The molecule has 0 bridgehead atoms. The number of rotatable bonds is 3. The van der Waals surface area contributed by atoms with Gasteiger partial charge in [-0.2, -0.15) is 0 Å². The van der Waals surface area contributed by atoms with Gasteiger partial charge < -0.3 is 5.32 Å². The van der Waals surface area contributed by atoms with E-state index in [0.29, 0.717) is 18.5 Å². The van der Waals surface area contributed by atoms with Crippen molar-refractivity contribution in [2.45, 2.75) is 52.1 Å². The van der Waals surface area contributed by atoms with Crippen molar-refractivity contribution in [1.82, 2.24) is 10.7 Å². The Labute approximate surface area is 113 Å². The highest BCUT2D eigenvalue weighted by Crippen LogP contribution is 2.21. The highest BCUT2D eigenvalue weighted by atomic mass is 32.1. The third-order valence-electron chi connectivity index (χ3n) is 3.44. The first-order chi connectivity index (χ1) is 8.69. The average molecular weight is 266 g/mol. The van der Waals surface area contributed by atoms with Gasteiger partial charge in [0.05, 0.1) is 6.54 Å². The topological polar surface area (TPSA) is 62.4 Å². The van der Waals surface area contributed by atoms with Gasteiger partial charge in [0, 0.05) is 15.8 Å². The summed E-state index contributed by atoms with van der Waals surface area (Å²) in [7, 11) is 0. The van der Waals surface area contributed by atoms with Crippen LogP contribution in [0.2, 0.25) is 0 Å². The van der Waals surface area contributed by atoms with Gasteiger partial charge in [-0.3, -0.25) is 5.43 Å². The standard InChI is InChI=1S/C13H22N4S/c1-9-7-12(18-10(9)2)8-15-13(17-14)16-11-5-3-4-6-11/h7,11H,3-6,8,14H2,1-2H3,(H2,15,16,17). The molecule has 1 saturated carbocycles. The summed E-state index contributed by atoms with van der Waals surface area (Å²) in [6, 6.07) is 2.74. The predicted molar refractivity (Wildman–Crippen MR) is 77.6 cm³/mol. The molecule has 0 aromatic carbocycles. The molecule has 0 unspecified atom stereocenters. The lowest BCUT2D eigenvalue weighted by Crippen LogP contribution is -2.45. The molecule has 1 aromatic rings. The number of hydrazine groups is 1. The Morgan fingerprint density at radius 1 is 1.44 bits per heavy atom. The first-order valence-corrected chi connectivity index (χ1v) is 7.34. The van der Waals surface area contributed by atoms with Crippen LogP contribution >= 0.6 is 11.3 Å². The molecule has 5 heteroatoms. The largest absolute Gasteiger partial charge is 0.353 e. The van der Waals surface area contributed by atoms with Crippen LogP contribution < -0.4 is 16.6 Å². The van der Waals surface area contributed by atoms with E-state index in [1.807, 2.05) is 0 Å². The van der Waals surface area contributed by atoms with Gasteiger partial charge in [0.25, 0.3) is 0 Å². The molecule has 0 aliphatic heterocycles. The van der Waals surface area contributed by atoms with Gasteiger partial charge in [-0.05, 0) is 38.3 Å². The van der Waals surface area contributed by atoms with E-state index in [-0.39, 0.29) is 0 Å². The number of hydrogen-bond acceptors (Lipinski definition) is 3. The molecule has 4 nitrogen and oxygen atoms in total. The van der Waals surface area contributed by atoms with Gasteiger partial charge in [0.15, 0.2) is 0 Å². The van der Waals surface area contributed by atoms with Crippen molar-refractivity contribution < 1.29 is 0 Å². The van der Waals surface area contributed by atoms with E-state index >= 15 is 0 Å². The van der Waals surface area contributed by atoms with Crippen LogP contribution in [-0.2, 0) is 6.54 Å². The van der Waals surface area contributed by atoms with E-state index in [1.54, 1.807) is 11.3 Å². The Balaban J connectivity index is 1.92. The smallest absolute Gasteiger partial charge is 0.206 e. The number of nitrogens with zero attached hydrogens (tertiary/aromatic N) is 1. The molecule has 1 aromatic heterocycles. The summed E-state index contributed by atoms with van der Waals surface area (Å²) in [4.78, 5) is 7.16. The number of aliphatic imine (C=N–C) groups is 1. The van der Waals surface area contributed by atoms with Gasteiger partial charge in [0.1, 0.15) is 0 Å². The maximum atomic E-state index is 5.51. The first kappa shape index (κ1) is 13.4. The Kier molecular flexibility index (Phi) is 4.60. The monoisotopic (exact) mass is 266 g/mol. The van der Waals surface area contributed by atoms with E-state index < -0.39 is 0 Å². The van der Waals surface area contributed by atoms with Crippen molar-refractivity contribution >= 4 is 17.3 Å². The molecule has 4 N–H and O–H groups in total. The van der Waals surface area contributed by atoms with Crippen molar-refractivity contribution in [2.75, 3.05) is 0 Å². The summed E-state index contributed by atoms with van der Waals surface area (Å²) in [5.74, 6) is 6.22. The van der Waals surface area contributed by atoms with Crippen LogP contribution in [-0.4, -0.2) is 12.0 Å². The highest BCUT2D eigenvalue weighted by molar-refractivity contribution is 7.12. The molecule has 1 aliphatic rings. The highest BCUT2D eigenvalue weighted by Gasteiger charge is 2.15. The van der Waals surface area contributed by atoms with Crippen molar-refractivity contribution in [3.63, 3.8) is 0 Å². The summed E-state index contributed by atoms with van der Waals surface area (Å²) >= 11 is 1.81. The molecule has 0 saturated heterocycles. The van der Waals surface area contributed by atoms with Crippen LogP contribution in [0.15, 0.2) is 11.1 Å². The zero-order chi connectivity index (χ0) is 13.0. The fraction of sp³-hybridized carbons (Fsp3) is 0.615. The van der Waals surface area contributed by atoms with Gasteiger partial charge >= 0.3 is 0 Å². The van der Waals surface area contributed by atoms with Crippen LogP contribution in [0.5, 0.6) is 0 Å². The zero-order valence-corrected chi connectivity index (χ0v) is 11.9. The van der Waals surface area contributed by atoms with Gasteiger partial charge in [0.2, 0.25) is 5.96 Å². The molecule has 1 heterocycles. The molecule has 0 atom stereocenters. The van der Waals surface area contributed by atoms with Crippen molar-refractivity contribution in [3.05, 3.63) is 21.4 Å². The van der Waals surface area contributed by atoms with E-state index in [9.17, 15) is 0 Å². The van der Waals surface area contributed by atoms with Crippen molar-refractivity contribution in [1.29, 1.82) is 0 Å². The molecule has 1 aliphatic carbocycles. The van der Waals surface area contributed by atoms with Crippen LogP contribution in [0.4, 0.5) is 0 Å². The van der Waals surface area contributed by atoms with E-state index in [0.717, 1.165) is 0 Å². The van der Waals surface area contributed by atoms with Gasteiger partial charge in [-0.25, -0.2) is 10.8 Å². The van der Waals surface area contributed by atoms with E-state index in [4.69, 9.17) is 5.84 Å². The molecule has 18 heavy (non-hydrogen) atoms. The molecule has 0 amide bonds. The second-order valence-electron chi connectivity index (χ2n) is 4.89. The molecule has 1 fully saturated rings. The fourth-order valence-electron chi connectivity index (χ4n) is 2.28. The fourth-order valence-corrected chi connectivity index (χ4v) is 3.26. The average Bonchev–Trinajstić information content (AvgIpc) is 2.96. The summed E-state index contributed by atoms with van der Waals surface area (Å²) < 4.78 is 0. The minimum atomic E-state index is 0.534. The normalized spacial score (nSPS) is 17.2. The number of hydrogen-bond donors (Lipinski definition) is 3. The molecule has 0 spiro atoms. The Bertz CT molecular complexity index is 399. The Morgan fingerprint density at radius 2 is 2.17 bits per heavy atom. The maximum Gasteiger partial charge on any atom is 0.206 e. The van der Waals surface area contributed by atoms with E-state index in [1.165, 1.54) is 41.0 Å². The van der Waals surface area contributed by atoms with Gasteiger partial charge in [-0.1, -0.05) is 12.8 Å². The maximum absolute atomic E-state index is 5.51. The quantitative estimate of drug-likeness (QED) is 0.340. The number of nitrogens with one attached hydrogen (secondary N) is 2. The lowest BCUT2D eigenvalue weighted by molar-refractivity contribution is 0.614. The first-order valence-electron chi connectivity index (χ1n) is 6.52. The van der Waals surface area contributed by atoms with Crippen molar-refractivity contribution in [3.8, 4) is 0 Å². The summed E-state index contributed by atoms with van der Waals surface area (Å²) in [6.45, 7) is 4.97.